The smallest absolute Gasteiger partial charge is 0.138 e. The van der Waals surface area contributed by atoms with E-state index in [0.717, 1.165) is 50.2 Å². The molecule has 0 aliphatic heterocycles. The summed E-state index contributed by atoms with van der Waals surface area (Å²) >= 11 is 0. The van der Waals surface area contributed by atoms with Crippen LogP contribution in [0.15, 0.2) is 73.1 Å². The average molecular weight is 420 g/mol. The van der Waals surface area contributed by atoms with Crippen LogP contribution in [0.4, 0.5) is 4.39 Å². The summed E-state index contributed by atoms with van der Waals surface area (Å²) in [7, 11) is 0. The first-order valence-corrected chi connectivity index (χ1v) is 10.2. The van der Waals surface area contributed by atoms with Gasteiger partial charge in [-0.3, -0.25) is 10.1 Å². The van der Waals surface area contributed by atoms with E-state index in [1.165, 1.54) is 6.07 Å². The molecule has 0 saturated carbocycles. The zero-order valence-electron chi connectivity index (χ0n) is 17.1. The van der Waals surface area contributed by atoms with Gasteiger partial charge in [0.15, 0.2) is 0 Å². The number of aryl methyl sites for hydroxylation is 1. The monoisotopic (exact) mass is 420 g/mol. The van der Waals surface area contributed by atoms with Crippen LogP contribution in [0.2, 0.25) is 0 Å². The number of fused-ring (bicyclic) bond motifs is 2. The fourth-order valence-electron chi connectivity index (χ4n) is 4.04. The van der Waals surface area contributed by atoms with Gasteiger partial charge in [-0.1, -0.05) is 12.1 Å². The van der Waals surface area contributed by atoms with Crippen molar-refractivity contribution in [2.45, 2.75) is 6.92 Å². The lowest BCUT2D eigenvalue weighted by atomic mass is 10.0. The van der Waals surface area contributed by atoms with Crippen molar-refractivity contribution in [2.75, 3.05) is 0 Å². The van der Waals surface area contributed by atoms with Crippen molar-refractivity contribution < 1.29 is 4.39 Å². The molecule has 0 fully saturated rings. The van der Waals surface area contributed by atoms with Crippen molar-refractivity contribution >= 4 is 22.1 Å². The number of halogens is 1. The van der Waals surface area contributed by atoms with Gasteiger partial charge >= 0.3 is 0 Å². The van der Waals surface area contributed by atoms with Crippen molar-refractivity contribution in [1.82, 2.24) is 30.1 Å². The summed E-state index contributed by atoms with van der Waals surface area (Å²) < 4.78 is 14.0. The molecule has 0 aliphatic carbocycles. The number of H-pyrrole nitrogens is 2. The number of hydrogen-bond acceptors (Lipinski definition) is 4. The van der Waals surface area contributed by atoms with Crippen LogP contribution >= 0.6 is 0 Å². The third-order valence-electron chi connectivity index (χ3n) is 5.48. The highest BCUT2D eigenvalue weighted by molar-refractivity contribution is 5.99. The van der Waals surface area contributed by atoms with Crippen LogP contribution in [-0.4, -0.2) is 30.1 Å². The summed E-state index contributed by atoms with van der Waals surface area (Å²) in [5, 5.41) is 8.44. The van der Waals surface area contributed by atoms with Crippen LogP contribution in [0.25, 0.3) is 56.0 Å². The lowest BCUT2D eigenvalue weighted by Gasteiger charge is -2.05. The van der Waals surface area contributed by atoms with Crippen LogP contribution in [-0.2, 0) is 0 Å². The topological polar surface area (TPSA) is 83.1 Å². The molecular formula is C25H17FN6. The molecular weight excluding hydrogens is 403 g/mol. The summed E-state index contributed by atoms with van der Waals surface area (Å²) in [5.41, 5.74) is 7.89. The summed E-state index contributed by atoms with van der Waals surface area (Å²) in [6, 6.07) is 18.5. The minimum absolute atomic E-state index is 0.259. The fraction of sp³-hybridized carbons (Fsp3) is 0.0400. The minimum Gasteiger partial charge on any atom is -0.338 e. The number of nitrogens with zero attached hydrogens (tertiary/aromatic N) is 4. The van der Waals surface area contributed by atoms with Gasteiger partial charge in [-0.2, -0.15) is 5.10 Å². The molecule has 6 nitrogen and oxygen atoms in total. The molecule has 7 heteroatoms. The van der Waals surface area contributed by atoms with E-state index in [2.05, 4.69) is 25.1 Å². The lowest BCUT2D eigenvalue weighted by molar-refractivity contribution is 0.627. The van der Waals surface area contributed by atoms with Crippen LogP contribution < -0.4 is 0 Å². The van der Waals surface area contributed by atoms with E-state index >= 15 is 0 Å². The number of aromatic amines is 2. The maximum atomic E-state index is 14.0. The maximum Gasteiger partial charge on any atom is 0.138 e. The maximum absolute atomic E-state index is 14.0. The first-order chi connectivity index (χ1) is 15.7. The molecule has 0 saturated heterocycles. The fourth-order valence-corrected chi connectivity index (χ4v) is 4.04. The van der Waals surface area contributed by atoms with Crippen molar-refractivity contribution in [2.24, 2.45) is 0 Å². The Morgan fingerprint density at radius 1 is 0.875 bits per heavy atom. The molecule has 5 heterocycles. The van der Waals surface area contributed by atoms with Crippen LogP contribution in [0, 0.1) is 12.7 Å². The highest BCUT2D eigenvalue weighted by Gasteiger charge is 2.16. The van der Waals surface area contributed by atoms with Crippen molar-refractivity contribution in [1.29, 1.82) is 0 Å². The summed E-state index contributed by atoms with van der Waals surface area (Å²) in [6.45, 7) is 1.88. The Balaban J connectivity index is 1.52. The second kappa shape index (κ2) is 7.09. The second-order valence-electron chi connectivity index (χ2n) is 7.70. The van der Waals surface area contributed by atoms with Crippen molar-refractivity contribution in [3.05, 3.63) is 84.4 Å². The van der Waals surface area contributed by atoms with Crippen LogP contribution in [0.5, 0.6) is 0 Å². The molecule has 0 atom stereocenters. The van der Waals surface area contributed by atoms with Gasteiger partial charge in [-0.25, -0.2) is 14.4 Å². The molecule has 6 aromatic rings. The summed E-state index contributed by atoms with van der Waals surface area (Å²) in [6.07, 6.45) is 3.47. The normalized spacial score (nSPS) is 11.4. The van der Waals surface area contributed by atoms with E-state index in [1.807, 2.05) is 55.5 Å². The molecule has 0 radical (unpaired) electrons. The quantitative estimate of drug-likeness (QED) is 0.386. The molecule has 0 spiro atoms. The van der Waals surface area contributed by atoms with Crippen LogP contribution in [0.3, 0.4) is 0 Å². The minimum atomic E-state index is -0.259. The first-order valence-electron chi connectivity index (χ1n) is 10.2. The van der Waals surface area contributed by atoms with Gasteiger partial charge in [0.2, 0.25) is 0 Å². The molecule has 5 aromatic heterocycles. The zero-order chi connectivity index (χ0) is 21.7. The number of rotatable bonds is 3. The van der Waals surface area contributed by atoms with Crippen molar-refractivity contribution in [3.63, 3.8) is 0 Å². The van der Waals surface area contributed by atoms with E-state index in [-0.39, 0.29) is 5.82 Å². The summed E-state index contributed by atoms with van der Waals surface area (Å²) in [5.74, 6) is -0.259. The van der Waals surface area contributed by atoms with Crippen molar-refractivity contribution in [3.8, 4) is 33.9 Å². The molecule has 0 bridgehead atoms. The van der Waals surface area contributed by atoms with Crippen LogP contribution in [0.1, 0.15) is 5.56 Å². The largest absolute Gasteiger partial charge is 0.338 e. The predicted molar refractivity (Wildman–Crippen MR) is 122 cm³/mol. The highest BCUT2D eigenvalue weighted by Crippen LogP contribution is 2.33. The van der Waals surface area contributed by atoms with Gasteiger partial charge < -0.3 is 4.98 Å². The van der Waals surface area contributed by atoms with E-state index in [4.69, 9.17) is 4.98 Å². The predicted octanol–water partition coefficient (Wildman–Crippen LogP) is 5.68. The van der Waals surface area contributed by atoms with E-state index < -0.39 is 0 Å². The molecule has 1 aromatic carbocycles. The number of benzene rings is 1. The molecule has 0 amide bonds. The van der Waals surface area contributed by atoms with Gasteiger partial charge in [-0.15, -0.1) is 0 Å². The van der Waals surface area contributed by atoms with E-state index in [0.29, 0.717) is 11.3 Å². The first kappa shape index (κ1) is 18.4. The number of pyridine rings is 3. The lowest BCUT2D eigenvalue weighted by Crippen LogP contribution is -1.88. The Bertz CT molecular complexity index is 1580. The molecule has 2 N–H and O–H groups in total. The van der Waals surface area contributed by atoms with Gasteiger partial charge in [0.1, 0.15) is 22.7 Å². The second-order valence-corrected chi connectivity index (χ2v) is 7.70. The molecule has 6 rings (SSSR count). The van der Waals surface area contributed by atoms with E-state index in [1.54, 1.807) is 18.5 Å². The molecule has 0 unspecified atom stereocenters. The zero-order valence-corrected chi connectivity index (χ0v) is 17.1. The Labute approximate surface area is 182 Å². The van der Waals surface area contributed by atoms with E-state index in [9.17, 15) is 4.39 Å². The SMILES string of the molecule is Cc1cc(F)cc(-c2ccnc3[nH]c(-c4n[nH]c5ccc(-c6ccccn6)nc45)cc23)c1. The number of hydrogen-bond donors (Lipinski definition) is 2. The Morgan fingerprint density at radius 3 is 2.66 bits per heavy atom. The number of nitrogens with one attached hydrogen (secondary N) is 2. The summed E-state index contributed by atoms with van der Waals surface area (Å²) in [4.78, 5) is 17.0. The molecule has 0 aliphatic rings. The molecule has 32 heavy (non-hydrogen) atoms. The average Bonchev–Trinajstić information content (AvgIpc) is 3.42. The Morgan fingerprint density at radius 2 is 1.81 bits per heavy atom. The third-order valence-corrected chi connectivity index (χ3v) is 5.48. The van der Waals surface area contributed by atoms with Gasteiger partial charge in [-0.05, 0) is 72.1 Å². The van der Waals surface area contributed by atoms with Gasteiger partial charge in [0, 0.05) is 17.8 Å². The Hall–Kier alpha value is -4.39. The molecule has 154 valence electrons. The van der Waals surface area contributed by atoms with Gasteiger partial charge in [0.05, 0.1) is 22.6 Å². The number of aromatic nitrogens is 6. The standard InChI is InChI=1S/C25H17FN6/c1-14-10-15(12-16(26)11-14)17-7-9-28-25-18(17)13-22(30-25)24-23-21(31-32-24)6-5-20(29-23)19-4-2-3-8-27-19/h2-13H,1H3,(H,28,30)(H,31,32). The van der Waals surface area contributed by atoms with Gasteiger partial charge in [0.25, 0.3) is 0 Å². The third kappa shape index (κ3) is 3.02. The Kier molecular flexibility index (Phi) is 4.07. The highest BCUT2D eigenvalue weighted by atomic mass is 19.1.